The predicted octanol–water partition coefficient (Wildman–Crippen LogP) is 1.58. The molecular weight excluding hydrogens is 138 g/mol. The van der Waals surface area contributed by atoms with E-state index >= 15 is 0 Å². The number of allylic oxidation sites excluding steroid dienone is 1. The molecule has 1 unspecified atom stereocenters. The van der Waals surface area contributed by atoms with Crippen LogP contribution in [0.1, 0.15) is 20.8 Å². The van der Waals surface area contributed by atoms with E-state index in [1.165, 1.54) is 5.57 Å². The Morgan fingerprint density at radius 2 is 2.18 bits per heavy atom. The van der Waals surface area contributed by atoms with Crippen LogP contribution in [0.25, 0.3) is 0 Å². The maximum atomic E-state index is 5.28. The average molecular weight is 157 g/mol. The van der Waals surface area contributed by atoms with Crippen LogP contribution in [-0.2, 0) is 4.74 Å². The van der Waals surface area contributed by atoms with Crippen LogP contribution in [0.2, 0.25) is 0 Å². The normalized spacial score (nSPS) is 12.7. The molecule has 1 atom stereocenters. The number of nitrogens with one attached hydrogen (secondary N) is 1. The lowest BCUT2D eigenvalue weighted by Crippen LogP contribution is -2.28. The Kier molecular flexibility index (Phi) is 6.18. The third-order valence-electron chi connectivity index (χ3n) is 1.41. The van der Waals surface area contributed by atoms with Crippen molar-refractivity contribution in [2.24, 2.45) is 0 Å². The van der Waals surface area contributed by atoms with Gasteiger partial charge in [0, 0.05) is 12.6 Å². The van der Waals surface area contributed by atoms with Gasteiger partial charge in [-0.2, -0.15) is 0 Å². The van der Waals surface area contributed by atoms with Crippen LogP contribution >= 0.6 is 0 Å². The van der Waals surface area contributed by atoms with Gasteiger partial charge < -0.3 is 10.1 Å². The van der Waals surface area contributed by atoms with E-state index in [0.29, 0.717) is 6.04 Å². The lowest BCUT2D eigenvalue weighted by atomic mass is 10.2. The first-order valence-electron chi connectivity index (χ1n) is 4.10. The van der Waals surface area contributed by atoms with E-state index in [2.05, 4.69) is 25.2 Å². The summed E-state index contributed by atoms with van der Waals surface area (Å²) in [5.74, 6) is 0. The zero-order chi connectivity index (χ0) is 8.69. The summed E-state index contributed by atoms with van der Waals surface area (Å²) < 4.78 is 5.28. The molecule has 0 saturated heterocycles. The summed E-state index contributed by atoms with van der Waals surface area (Å²) >= 11 is 0. The second-order valence-corrected chi connectivity index (χ2v) is 2.80. The highest BCUT2D eigenvalue weighted by Gasteiger charge is 1.99. The van der Waals surface area contributed by atoms with Crippen molar-refractivity contribution in [3.63, 3.8) is 0 Å². The fraction of sp³-hybridized carbons (Fsp3) is 0.778. The van der Waals surface area contributed by atoms with Crippen molar-refractivity contribution in [2.45, 2.75) is 26.8 Å². The highest BCUT2D eigenvalue weighted by atomic mass is 16.5. The summed E-state index contributed by atoms with van der Waals surface area (Å²) in [5, 5.41) is 3.17. The molecule has 0 aromatic carbocycles. The third kappa shape index (κ3) is 6.07. The van der Waals surface area contributed by atoms with Gasteiger partial charge >= 0.3 is 0 Å². The van der Waals surface area contributed by atoms with Gasteiger partial charge in [-0.3, -0.25) is 0 Å². The Morgan fingerprint density at radius 3 is 2.55 bits per heavy atom. The van der Waals surface area contributed by atoms with Crippen LogP contribution < -0.4 is 5.32 Å². The van der Waals surface area contributed by atoms with Gasteiger partial charge in [-0.15, -0.1) is 0 Å². The largest absolute Gasteiger partial charge is 0.380 e. The quantitative estimate of drug-likeness (QED) is 0.612. The number of likely N-dealkylation sites (N-methyl/N-ethyl adjacent to an activating group) is 1. The molecule has 0 fully saturated rings. The minimum atomic E-state index is 0.361. The van der Waals surface area contributed by atoms with Crippen LogP contribution in [0.3, 0.4) is 0 Å². The molecule has 0 amide bonds. The van der Waals surface area contributed by atoms with Gasteiger partial charge in [-0.25, -0.2) is 0 Å². The van der Waals surface area contributed by atoms with E-state index in [1.54, 1.807) is 0 Å². The van der Waals surface area contributed by atoms with Crippen LogP contribution in [-0.4, -0.2) is 26.3 Å². The number of rotatable bonds is 5. The van der Waals surface area contributed by atoms with Crippen LogP contribution in [0.4, 0.5) is 0 Å². The van der Waals surface area contributed by atoms with Crippen molar-refractivity contribution in [1.29, 1.82) is 0 Å². The Morgan fingerprint density at radius 1 is 1.55 bits per heavy atom. The molecule has 0 saturated carbocycles. The van der Waals surface area contributed by atoms with E-state index in [-0.39, 0.29) is 0 Å². The van der Waals surface area contributed by atoms with Crippen molar-refractivity contribution in [3.8, 4) is 0 Å². The van der Waals surface area contributed by atoms with Crippen LogP contribution in [0.15, 0.2) is 11.6 Å². The van der Waals surface area contributed by atoms with Gasteiger partial charge in [0.15, 0.2) is 0 Å². The fourth-order valence-electron chi connectivity index (χ4n) is 0.862. The molecule has 11 heavy (non-hydrogen) atoms. The topological polar surface area (TPSA) is 21.3 Å². The molecule has 0 aromatic rings. The minimum absolute atomic E-state index is 0.361. The summed E-state index contributed by atoms with van der Waals surface area (Å²) in [6.45, 7) is 7.74. The summed E-state index contributed by atoms with van der Waals surface area (Å²) in [7, 11) is 1.95. The molecule has 1 N–H and O–H groups in total. The average Bonchev–Trinajstić information content (AvgIpc) is 1.97. The Labute approximate surface area is 69.6 Å². The second-order valence-electron chi connectivity index (χ2n) is 2.80. The first kappa shape index (κ1) is 10.7. The predicted molar refractivity (Wildman–Crippen MR) is 48.8 cm³/mol. The summed E-state index contributed by atoms with van der Waals surface area (Å²) in [6, 6.07) is 0.361. The molecule has 0 aliphatic carbocycles. The third-order valence-corrected chi connectivity index (χ3v) is 1.41. The summed E-state index contributed by atoms with van der Waals surface area (Å²) in [6.07, 6.45) is 2.18. The SMILES string of the molecule is CCOCC(C=C(C)C)NC. The molecule has 0 radical (unpaired) electrons. The number of ether oxygens (including phenoxy) is 1. The maximum Gasteiger partial charge on any atom is 0.0655 e. The highest BCUT2D eigenvalue weighted by Crippen LogP contribution is 1.94. The van der Waals surface area contributed by atoms with E-state index in [9.17, 15) is 0 Å². The van der Waals surface area contributed by atoms with Crippen molar-refractivity contribution in [2.75, 3.05) is 20.3 Å². The van der Waals surface area contributed by atoms with Crippen molar-refractivity contribution in [1.82, 2.24) is 5.32 Å². The molecular formula is C9H19NO. The van der Waals surface area contributed by atoms with Gasteiger partial charge in [0.1, 0.15) is 0 Å². The fourth-order valence-corrected chi connectivity index (χ4v) is 0.862. The standard InChI is InChI=1S/C9H19NO/c1-5-11-7-9(10-4)6-8(2)3/h6,9-10H,5,7H2,1-4H3. The first-order valence-corrected chi connectivity index (χ1v) is 4.10. The zero-order valence-corrected chi connectivity index (χ0v) is 7.98. The summed E-state index contributed by atoms with van der Waals surface area (Å²) in [5.41, 5.74) is 1.32. The molecule has 0 heterocycles. The lowest BCUT2D eigenvalue weighted by Gasteiger charge is -2.11. The van der Waals surface area contributed by atoms with Crippen LogP contribution in [0.5, 0.6) is 0 Å². The van der Waals surface area contributed by atoms with Crippen LogP contribution in [0, 0.1) is 0 Å². The second kappa shape index (κ2) is 6.38. The molecule has 0 aliphatic heterocycles. The highest BCUT2D eigenvalue weighted by molar-refractivity contribution is 5.00. The first-order chi connectivity index (χ1) is 5.20. The Balaban J connectivity index is 3.67. The molecule has 0 bridgehead atoms. The number of hydrogen-bond acceptors (Lipinski definition) is 2. The van der Waals surface area contributed by atoms with Gasteiger partial charge in [-0.05, 0) is 27.8 Å². The van der Waals surface area contributed by atoms with Crippen molar-refractivity contribution in [3.05, 3.63) is 11.6 Å². The smallest absolute Gasteiger partial charge is 0.0655 e. The van der Waals surface area contributed by atoms with Gasteiger partial charge in [0.25, 0.3) is 0 Å². The van der Waals surface area contributed by atoms with E-state index in [0.717, 1.165) is 13.2 Å². The molecule has 0 spiro atoms. The molecule has 0 aliphatic rings. The Bertz CT molecular complexity index is 117. The lowest BCUT2D eigenvalue weighted by molar-refractivity contribution is 0.136. The van der Waals surface area contributed by atoms with E-state index < -0.39 is 0 Å². The molecule has 2 heteroatoms. The molecule has 0 aromatic heterocycles. The van der Waals surface area contributed by atoms with E-state index in [4.69, 9.17) is 4.74 Å². The number of hydrogen-bond donors (Lipinski definition) is 1. The maximum absolute atomic E-state index is 5.28. The monoisotopic (exact) mass is 157 g/mol. The summed E-state index contributed by atoms with van der Waals surface area (Å²) in [4.78, 5) is 0. The van der Waals surface area contributed by atoms with E-state index in [1.807, 2.05) is 14.0 Å². The zero-order valence-electron chi connectivity index (χ0n) is 7.98. The minimum Gasteiger partial charge on any atom is -0.380 e. The molecule has 66 valence electrons. The molecule has 2 nitrogen and oxygen atoms in total. The van der Waals surface area contributed by atoms with Gasteiger partial charge in [-0.1, -0.05) is 11.6 Å². The van der Waals surface area contributed by atoms with Gasteiger partial charge in [0.2, 0.25) is 0 Å². The van der Waals surface area contributed by atoms with Crippen molar-refractivity contribution >= 4 is 0 Å². The van der Waals surface area contributed by atoms with Crippen molar-refractivity contribution < 1.29 is 4.74 Å². The van der Waals surface area contributed by atoms with Gasteiger partial charge in [0.05, 0.1) is 6.61 Å². The molecule has 0 rings (SSSR count). The Hall–Kier alpha value is -0.340.